The molecule has 1 aromatic heterocycles. The SMILES string of the molecule is COc1ccc(CCNC(=O)Nc2ccc3cn[nH]c3c2)cc1. The van der Waals surface area contributed by atoms with Crippen molar-refractivity contribution in [3.63, 3.8) is 0 Å². The van der Waals surface area contributed by atoms with Gasteiger partial charge >= 0.3 is 6.03 Å². The third-order valence-electron chi connectivity index (χ3n) is 3.56. The summed E-state index contributed by atoms with van der Waals surface area (Å²) in [4.78, 5) is 11.9. The lowest BCUT2D eigenvalue weighted by Gasteiger charge is -2.08. The molecule has 118 valence electrons. The van der Waals surface area contributed by atoms with Gasteiger partial charge in [0, 0.05) is 17.6 Å². The van der Waals surface area contributed by atoms with E-state index in [1.165, 1.54) is 0 Å². The molecule has 1 heterocycles. The lowest BCUT2D eigenvalue weighted by atomic mass is 10.1. The van der Waals surface area contributed by atoms with Crippen LogP contribution in [0.4, 0.5) is 10.5 Å². The summed E-state index contributed by atoms with van der Waals surface area (Å²) in [5.74, 6) is 0.827. The number of aromatic amines is 1. The summed E-state index contributed by atoms with van der Waals surface area (Å²) in [6.07, 6.45) is 2.50. The van der Waals surface area contributed by atoms with Crippen LogP contribution in [0.25, 0.3) is 10.9 Å². The molecule has 0 saturated carbocycles. The summed E-state index contributed by atoms with van der Waals surface area (Å²) in [6.45, 7) is 0.560. The predicted molar refractivity (Wildman–Crippen MR) is 89.8 cm³/mol. The Kier molecular flexibility index (Phi) is 4.42. The quantitative estimate of drug-likeness (QED) is 0.678. The number of nitrogens with zero attached hydrogens (tertiary/aromatic N) is 1. The van der Waals surface area contributed by atoms with E-state index in [9.17, 15) is 4.79 Å². The topological polar surface area (TPSA) is 79.0 Å². The maximum atomic E-state index is 11.9. The number of amides is 2. The van der Waals surface area contributed by atoms with Crippen LogP contribution in [0.1, 0.15) is 5.56 Å². The minimum Gasteiger partial charge on any atom is -0.497 e. The van der Waals surface area contributed by atoms with E-state index in [1.807, 2.05) is 42.5 Å². The molecular formula is C17H18N4O2. The fourth-order valence-electron chi connectivity index (χ4n) is 2.30. The molecule has 0 bridgehead atoms. The number of anilines is 1. The van der Waals surface area contributed by atoms with Crippen molar-refractivity contribution >= 4 is 22.6 Å². The summed E-state index contributed by atoms with van der Waals surface area (Å²) >= 11 is 0. The van der Waals surface area contributed by atoms with Crippen LogP contribution in [0.15, 0.2) is 48.7 Å². The molecule has 0 unspecified atom stereocenters. The van der Waals surface area contributed by atoms with E-state index < -0.39 is 0 Å². The number of carbonyl (C=O) groups excluding carboxylic acids is 1. The van der Waals surface area contributed by atoms with E-state index in [2.05, 4.69) is 20.8 Å². The van der Waals surface area contributed by atoms with E-state index in [1.54, 1.807) is 13.3 Å². The number of carbonyl (C=O) groups is 1. The number of methoxy groups -OCH3 is 1. The molecule has 0 spiro atoms. The minimum atomic E-state index is -0.225. The molecule has 3 N–H and O–H groups in total. The van der Waals surface area contributed by atoms with Crippen molar-refractivity contribution in [3.05, 3.63) is 54.2 Å². The number of aromatic nitrogens is 2. The van der Waals surface area contributed by atoms with Gasteiger partial charge in [-0.2, -0.15) is 5.10 Å². The molecule has 0 aliphatic rings. The second-order valence-electron chi connectivity index (χ2n) is 5.15. The Balaban J connectivity index is 1.48. The van der Waals surface area contributed by atoms with Crippen LogP contribution in [0.3, 0.4) is 0 Å². The zero-order valence-electron chi connectivity index (χ0n) is 12.8. The number of H-pyrrole nitrogens is 1. The third-order valence-corrected chi connectivity index (χ3v) is 3.56. The van der Waals surface area contributed by atoms with Gasteiger partial charge in [0.2, 0.25) is 0 Å². The van der Waals surface area contributed by atoms with E-state index in [0.29, 0.717) is 6.54 Å². The number of nitrogens with one attached hydrogen (secondary N) is 3. The average molecular weight is 310 g/mol. The fourth-order valence-corrected chi connectivity index (χ4v) is 2.30. The smallest absolute Gasteiger partial charge is 0.319 e. The number of benzene rings is 2. The van der Waals surface area contributed by atoms with Crippen molar-refractivity contribution in [2.45, 2.75) is 6.42 Å². The van der Waals surface area contributed by atoms with Crippen LogP contribution in [-0.2, 0) is 6.42 Å². The van der Waals surface area contributed by atoms with Crippen molar-refractivity contribution in [2.75, 3.05) is 19.0 Å². The Morgan fingerprint density at radius 3 is 2.83 bits per heavy atom. The van der Waals surface area contributed by atoms with Crippen LogP contribution in [0.2, 0.25) is 0 Å². The van der Waals surface area contributed by atoms with E-state index in [0.717, 1.165) is 34.3 Å². The highest BCUT2D eigenvalue weighted by atomic mass is 16.5. The standard InChI is InChI=1S/C17H18N4O2/c1-23-15-6-2-12(3-7-15)8-9-18-17(22)20-14-5-4-13-11-19-21-16(13)10-14/h2-7,10-11H,8-9H2,1H3,(H,19,21)(H2,18,20,22). The molecular weight excluding hydrogens is 292 g/mol. The third kappa shape index (κ3) is 3.79. The molecule has 6 heteroatoms. The van der Waals surface area contributed by atoms with Gasteiger partial charge in [-0.25, -0.2) is 4.79 Å². The first-order chi connectivity index (χ1) is 11.2. The van der Waals surface area contributed by atoms with Crippen LogP contribution in [-0.4, -0.2) is 29.9 Å². The molecule has 0 fully saturated rings. The largest absolute Gasteiger partial charge is 0.497 e. The first-order valence-corrected chi connectivity index (χ1v) is 7.35. The van der Waals surface area contributed by atoms with Crippen molar-refractivity contribution in [1.82, 2.24) is 15.5 Å². The van der Waals surface area contributed by atoms with Crippen molar-refractivity contribution < 1.29 is 9.53 Å². The molecule has 0 atom stereocenters. The van der Waals surface area contributed by atoms with E-state index >= 15 is 0 Å². The molecule has 23 heavy (non-hydrogen) atoms. The zero-order chi connectivity index (χ0) is 16.1. The van der Waals surface area contributed by atoms with Crippen molar-refractivity contribution in [3.8, 4) is 5.75 Å². The van der Waals surface area contributed by atoms with Gasteiger partial charge in [0.1, 0.15) is 5.75 Å². The molecule has 0 radical (unpaired) electrons. The Morgan fingerprint density at radius 1 is 1.22 bits per heavy atom. The Hall–Kier alpha value is -3.02. The Labute approximate surface area is 133 Å². The molecule has 6 nitrogen and oxygen atoms in total. The fraction of sp³-hybridized carbons (Fsp3) is 0.176. The second kappa shape index (κ2) is 6.83. The van der Waals surface area contributed by atoms with Crippen LogP contribution in [0, 0.1) is 0 Å². The Morgan fingerprint density at radius 2 is 2.04 bits per heavy atom. The van der Waals surface area contributed by atoms with Gasteiger partial charge in [0.15, 0.2) is 0 Å². The van der Waals surface area contributed by atoms with Crippen LogP contribution < -0.4 is 15.4 Å². The average Bonchev–Trinajstić information content (AvgIpc) is 3.03. The first-order valence-electron chi connectivity index (χ1n) is 7.35. The number of urea groups is 1. The van der Waals surface area contributed by atoms with E-state index in [4.69, 9.17) is 4.74 Å². The van der Waals surface area contributed by atoms with Gasteiger partial charge in [-0.1, -0.05) is 12.1 Å². The number of hydrogen-bond donors (Lipinski definition) is 3. The maximum absolute atomic E-state index is 11.9. The summed E-state index contributed by atoms with van der Waals surface area (Å²) in [5.41, 5.74) is 2.76. The highest BCUT2D eigenvalue weighted by Crippen LogP contribution is 2.16. The molecule has 2 amide bonds. The lowest BCUT2D eigenvalue weighted by Crippen LogP contribution is -2.30. The Bertz CT molecular complexity index is 796. The number of fused-ring (bicyclic) bond motifs is 1. The predicted octanol–water partition coefficient (Wildman–Crippen LogP) is 2.94. The maximum Gasteiger partial charge on any atom is 0.319 e. The van der Waals surface area contributed by atoms with Crippen LogP contribution >= 0.6 is 0 Å². The molecule has 0 saturated heterocycles. The normalized spacial score (nSPS) is 10.5. The highest BCUT2D eigenvalue weighted by Gasteiger charge is 2.03. The summed E-state index contributed by atoms with van der Waals surface area (Å²) in [6, 6.07) is 13.2. The minimum absolute atomic E-state index is 0.225. The molecule has 3 rings (SSSR count). The van der Waals surface area contributed by atoms with Crippen LogP contribution in [0.5, 0.6) is 5.75 Å². The first kappa shape index (κ1) is 14.9. The highest BCUT2D eigenvalue weighted by molar-refractivity contribution is 5.92. The number of ether oxygens (including phenoxy) is 1. The monoisotopic (exact) mass is 310 g/mol. The van der Waals surface area contributed by atoms with Gasteiger partial charge < -0.3 is 15.4 Å². The van der Waals surface area contributed by atoms with Gasteiger partial charge in [-0.15, -0.1) is 0 Å². The summed E-state index contributed by atoms with van der Waals surface area (Å²) in [5, 5.41) is 13.5. The second-order valence-corrected chi connectivity index (χ2v) is 5.15. The van der Waals surface area contributed by atoms with Gasteiger partial charge in [-0.05, 0) is 42.3 Å². The summed E-state index contributed by atoms with van der Waals surface area (Å²) in [7, 11) is 1.64. The van der Waals surface area contributed by atoms with Gasteiger partial charge in [-0.3, -0.25) is 5.10 Å². The van der Waals surface area contributed by atoms with E-state index in [-0.39, 0.29) is 6.03 Å². The number of hydrogen-bond acceptors (Lipinski definition) is 3. The summed E-state index contributed by atoms with van der Waals surface area (Å²) < 4.78 is 5.12. The number of rotatable bonds is 5. The molecule has 0 aliphatic heterocycles. The molecule has 0 aliphatic carbocycles. The molecule has 3 aromatic rings. The van der Waals surface area contributed by atoms with Crippen molar-refractivity contribution in [1.29, 1.82) is 0 Å². The zero-order valence-corrected chi connectivity index (χ0v) is 12.8. The van der Waals surface area contributed by atoms with Crippen molar-refractivity contribution in [2.24, 2.45) is 0 Å². The van der Waals surface area contributed by atoms with Gasteiger partial charge in [0.05, 0.1) is 18.8 Å². The van der Waals surface area contributed by atoms with Gasteiger partial charge in [0.25, 0.3) is 0 Å². The molecule has 2 aromatic carbocycles. The lowest BCUT2D eigenvalue weighted by molar-refractivity contribution is 0.252.